The summed E-state index contributed by atoms with van der Waals surface area (Å²) in [5.41, 5.74) is 8.05. The lowest BCUT2D eigenvalue weighted by molar-refractivity contribution is 0.0411. The van der Waals surface area contributed by atoms with E-state index in [9.17, 15) is 38.2 Å². The van der Waals surface area contributed by atoms with Crippen molar-refractivity contribution < 1.29 is 47.6 Å². The Morgan fingerprint density at radius 1 is 0.682 bits per heavy atom. The summed E-state index contributed by atoms with van der Waals surface area (Å²) in [7, 11) is 0. The molecule has 8 rings (SSSR count). The predicted molar refractivity (Wildman–Crippen MR) is 235 cm³/mol. The highest BCUT2D eigenvalue weighted by Gasteiger charge is 2.35. The van der Waals surface area contributed by atoms with Crippen molar-refractivity contribution >= 4 is 23.5 Å². The summed E-state index contributed by atoms with van der Waals surface area (Å²) in [6.45, 7) is 9.43. The first-order chi connectivity index (χ1) is 31.6. The highest BCUT2D eigenvalue weighted by atomic mass is 19.1. The van der Waals surface area contributed by atoms with Gasteiger partial charge in [-0.05, 0) is 124 Å². The van der Waals surface area contributed by atoms with Crippen LogP contribution in [0, 0.1) is 62.2 Å². The third-order valence-corrected chi connectivity index (χ3v) is 13.4. The van der Waals surface area contributed by atoms with Gasteiger partial charge in [-0.3, -0.25) is 19.4 Å². The third-order valence-electron chi connectivity index (χ3n) is 13.4. The lowest BCUT2D eigenvalue weighted by atomic mass is 9.88. The lowest BCUT2D eigenvalue weighted by Gasteiger charge is -2.35. The van der Waals surface area contributed by atoms with Crippen molar-refractivity contribution in [2.24, 2.45) is 11.8 Å². The summed E-state index contributed by atoms with van der Waals surface area (Å²) in [5, 5.41) is 39.6. The number of halogens is 2. The van der Waals surface area contributed by atoms with Gasteiger partial charge in [-0.25, -0.2) is 28.3 Å². The number of alkyl halides is 2. The number of esters is 2. The van der Waals surface area contributed by atoms with Gasteiger partial charge in [0.2, 0.25) is 0 Å². The van der Waals surface area contributed by atoms with Crippen molar-refractivity contribution in [2.45, 2.75) is 91.1 Å². The normalized spacial score (nSPS) is 21.2. The molecule has 6 atom stereocenters. The Labute approximate surface area is 381 Å². The minimum Gasteiger partial charge on any atom is -0.457 e. The van der Waals surface area contributed by atoms with Gasteiger partial charge in [0.25, 0.3) is 0 Å². The zero-order valence-corrected chi connectivity index (χ0v) is 37.4. The molecule has 2 aromatic heterocycles. The molecule has 14 nitrogen and oxygen atoms in total. The molecular weight excluding hydrogens is 851 g/mol. The number of pyridine rings is 2. The van der Waals surface area contributed by atoms with Crippen LogP contribution in [0.1, 0.15) is 135 Å². The Morgan fingerprint density at radius 2 is 1.08 bits per heavy atom. The predicted octanol–water partition coefficient (Wildman–Crippen LogP) is 6.41. The van der Waals surface area contributed by atoms with Crippen molar-refractivity contribution in [3.63, 3.8) is 0 Å². The van der Waals surface area contributed by atoms with Crippen LogP contribution in [0.3, 0.4) is 0 Å². The molecule has 4 aliphatic heterocycles. The lowest BCUT2D eigenvalue weighted by Crippen LogP contribution is -2.44. The Morgan fingerprint density at radius 3 is 1.42 bits per heavy atom. The number of hydrogen-bond donors (Lipinski definition) is 2. The standard InChI is InChI=1S/2C25H26FN3O4/c2*1-14-18(4-5-19-20(14)13-33-25(19)32)24(31)12-29-8-7-16(21(26)11-29)9-23(30)22-6-3-17(10-27)15(2)28-22/h2*3-6,16,21,24,31H,7-9,11-13H2,1-2H3/t16-,21-,24+;16-,21-,24-/m10/s1. The largest absolute Gasteiger partial charge is 0.457 e. The van der Waals surface area contributed by atoms with Crippen LogP contribution < -0.4 is 0 Å². The van der Waals surface area contributed by atoms with E-state index in [2.05, 4.69) is 9.97 Å². The van der Waals surface area contributed by atoms with Gasteiger partial charge in [0, 0.05) is 50.1 Å². The van der Waals surface area contributed by atoms with Gasteiger partial charge >= 0.3 is 11.9 Å². The number of aliphatic hydroxyl groups is 2. The van der Waals surface area contributed by atoms with Crippen molar-refractivity contribution in [3.8, 4) is 12.1 Å². The van der Waals surface area contributed by atoms with Gasteiger partial charge in [0.1, 0.15) is 49.1 Å². The molecule has 344 valence electrons. The molecule has 0 aliphatic carbocycles. The van der Waals surface area contributed by atoms with Crippen LogP contribution in [0.5, 0.6) is 0 Å². The van der Waals surface area contributed by atoms with E-state index >= 15 is 0 Å². The molecule has 0 saturated carbocycles. The minimum atomic E-state index is -1.19. The first kappa shape index (κ1) is 47.7. The van der Waals surface area contributed by atoms with E-state index in [0.29, 0.717) is 70.7 Å². The third kappa shape index (κ3) is 10.4. The Kier molecular flexibility index (Phi) is 14.8. The fraction of sp³-hybridized carbons (Fsp3) is 0.440. The van der Waals surface area contributed by atoms with Gasteiger partial charge in [0.15, 0.2) is 11.6 Å². The number of carbonyl (C=O) groups excluding carboxylic acids is 4. The molecule has 66 heavy (non-hydrogen) atoms. The number of hydrogen-bond acceptors (Lipinski definition) is 14. The van der Waals surface area contributed by atoms with Crippen LogP contribution in [-0.4, -0.2) is 105 Å². The number of β-amino-alcohol motifs (C(OH)–C–C–N with tert-alkyl or cyclic N) is 2. The van der Waals surface area contributed by atoms with Crippen molar-refractivity contribution in [1.82, 2.24) is 19.8 Å². The Balaban J connectivity index is 0.000000196. The first-order valence-corrected chi connectivity index (χ1v) is 22.1. The number of aryl methyl sites for hydroxylation is 2. The van der Waals surface area contributed by atoms with E-state index in [1.165, 1.54) is 12.1 Å². The van der Waals surface area contributed by atoms with Crippen LogP contribution in [0.15, 0.2) is 48.5 Å². The summed E-state index contributed by atoms with van der Waals surface area (Å²) in [4.78, 5) is 60.8. The number of likely N-dealkylation sites (tertiary alicyclic amines) is 2. The molecule has 2 saturated heterocycles. The van der Waals surface area contributed by atoms with E-state index in [4.69, 9.17) is 20.0 Å². The second kappa shape index (κ2) is 20.5. The monoisotopic (exact) mass is 902 g/mol. The van der Waals surface area contributed by atoms with Crippen LogP contribution in [0.4, 0.5) is 8.78 Å². The molecular formula is C50H52F2N6O8. The quantitative estimate of drug-likeness (QED) is 0.116. The van der Waals surface area contributed by atoms with Crippen molar-refractivity contribution in [1.29, 1.82) is 10.5 Å². The van der Waals surface area contributed by atoms with Gasteiger partial charge in [-0.1, -0.05) is 12.1 Å². The van der Waals surface area contributed by atoms with Crippen LogP contribution in [0.25, 0.3) is 0 Å². The van der Waals surface area contributed by atoms with E-state index in [1.807, 2.05) is 35.8 Å². The number of cyclic esters (lactones) is 2. The van der Waals surface area contributed by atoms with E-state index < -0.39 is 36.4 Å². The van der Waals surface area contributed by atoms with Gasteiger partial charge in [-0.2, -0.15) is 10.5 Å². The molecule has 0 spiro atoms. The van der Waals surface area contributed by atoms with Gasteiger partial charge in [-0.15, -0.1) is 0 Å². The van der Waals surface area contributed by atoms with Gasteiger partial charge in [0.05, 0.1) is 45.8 Å². The second-order valence-corrected chi connectivity index (χ2v) is 17.6. The zero-order chi connectivity index (χ0) is 47.4. The number of piperidine rings is 2. The number of aromatic nitrogens is 2. The molecule has 2 fully saturated rings. The topological polar surface area (TPSA) is 207 Å². The number of rotatable bonds is 12. The molecule has 16 heteroatoms. The maximum atomic E-state index is 14.9. The highest BCUT2D eigenvalue weighted by molar-refractivity contribution is 5.96. The molecule has 0 amide bonds. The molecule has 0 radical (unpaired) electrons. The van der Waals surface area contributed by atoms with E-state index in [1.54, 1.807) is 50.2 Å². The first-order valence-electron chi connectivity index (χ1n) is 22.1. The fourth-order valence-electron chi connectivity index (χ4n) is 9.32. The molecule has 0 bridgehead atoms. The molecule has 4 aliphatic rings. The van der Waals surface area contributed by atoms with Crippen LogP contribution in [0.2, 0.25) is 0 Å². The molecule has 2 aromatic carbocycles. The fourth-order valence-corrected chi connectivity index (χ4v) is 9.32. The Hall–Kier alpha value is -6.30. The molecule has 4 aromatic rings. The van der Waals surface area contributed by atoms with E-state index in [-0.39, 0.29) is 87.1 Å². The number of benzene rings is 2. The van der Waals surface area contributed by atoms with E-state index in [0.717, 1.165) is 22.3 Å². The smallest absolute Gasteiger partial charge is 0.338 e. The summed E-state index contributed by atoms with van der Waals surface area (Å²) in [6, 6.07) is 17.0. The number of ether oxygens (including phenoxy) is 2. The van der Waals surface area contributed by atoms with Crippen LogP contribution >= 0.6 is 0 Å². The highest BCUT2D eigenvalue weighted by Crippen LogP contribution is 2.33. The maximum Gasteiger partial charge on any atom is 0.338 e. The maximum absolute atomic E-state index is 14.9. The van der Waals surface area contributed by atoms with Crippen molar-refractivity contribution in [2.75, 3.05) is 39.3 Å². The number of nitrogens with zero attached hydrogens (tertiary/aromatic N) is 6. The summed E-state index contributed by atoms with van der Waals surface area (Å²) in [6.07, 6.45) is -2.89. The number of aliphatic hydroxyl groups excluding tert-OH is 2. The average molecular weight is 903 g/mol. The molecule has 2 N–H and O–H groups in total. The van der Waals surface area contributed by atoms with Gasteiger partial charge < -0.3 is 19.7 Å². The molecule has 6 heterocycles. The van der Waals surface area contributed by atoms with Crippen LogP contribution in [-0.2, 0) is 22.7 Å². The zero-order valence-electron chi connectivity index (χ0n) is 37.4. The number of Topliss-reactive ketones (excluding diaryl/α,β-unsaturated/α-hetero) is 2. The Bertz CT molecular complexity index is 2470. The number of carbonyl (C=O) groups is 4. The van der Waals surface area contributed by atoms with Crippen molar-refractivity contribution in [3.05, 3.63) is 127 Å². The number of nitriles is 2. The summed E-state index contributed by atoms with van der Waals surface area (Å²) < 4.78 is 40.0. The average Bonchev–Trinajstić information content (AvgIpc) is 3.87. The molecule has 0 unspecified atom stereocenters. The summed E-state index contributed by atoms with van der Waals surface area (Å²) >= 11 is 0. The summed E-state index contributed by atoms with van der Waals surface area (Å²) in [5.74, 6) is -1.97. The minimum absolute atomic E-state index is 0.0634. The second-order valence-electron chi connectivity index (χ2n) is 17.6. The number of fused-ring (bicyclic) bond motifs is 2. The number of ketones is 2. The SMILES string of the molecule is Cc1nc(C(=O)C[C@@H]2CCN(C[C@H](O)c3ccc4c(c3C)COC4=O)C[C@@H]2F)ccc1C#N.Cc1nc(C(=O)C[C@H]2CCN(C[C@H](O)c3ccc4c(c3C)COC4=O)C[C@H]2F)ccc1C#N.